The lowest BCUT2D eigenvalue weighted by Gasteiger charge is -2.33. The Hall–Kier alpha value is -4.68. The van der Waals surface area contributed by atoms with E-state index in [2.05, 4.69) is 20.3 Å². The highest BCUT2D eigenvalue weighted by Crippen LogP contribution is 2.38. The number of nitrogens with zero attached hydrogens (tertiary/aromatic N) is 5. The summed E-state index contributed by atoms with van der Waals surface area (Å²) in [6, 6.07) is 8.04. The van der Waals surface area contributed by atoms with Gasteiger partial charge in [0.2, 0.25) is 0 Å². The number of amides is 2. The average molecular weight is 564 g/mol. The molecule has 2 N–H and O–H groups in total. The van der Waals surface area contributed by atoms with Gasteiger partial charge in [-0.25, -0.2) is 23.4 Å². The van der Waals surface area contributed by atoms with Gasteiger partial charge in [-0.05, 0) is 67.3 Å². The smallest absolute Gasteiger partial charge is 0.327 e. The van der Waals surface area contributed by atoms with Gasteiger partial charge >= 0.3 is 11.7 Å². The van der Waals surface area contributed by atoms with E-state index in [-0.39, 0.29) is 35.4 Å². The van der Waals surface area contributed by atoms with Crippen LogP contribution in [-0.2, 0) is 6.42 Å². The molecule has 2 aliphatic rings. The number of benzene rings is 1. The topological polar surface area (TPSA) is 139 Å². The molecule has 0 bridgehead atoms. The summed E-state index contributed by atoms with van der Waals surface area (Å²) in [5, 5.41) is 14.5. The summed E-state index contributed by atoms with van der Waals surface area (Å²) in [5.74, 6) is -2.34. The minimum absolute atomic E-state index is 0.0905. The Morgan fingerprint density at radius 3 is 2.68 bits per heavy atom. The van der Waals surface area contributed by atoms with Crippen LogP contribution in [0.2, 0.25) is 0 Å². The molecule has 2 atom stereocenters. The van der Waals surface area contributed by atoms with E-state index in [1.165, 1.54) is 18.2 Å². The molecule has 1 aliphatic carbocycles. The maximum Gasteiger partial charge on any atom is 0.327 e. The minimum atomic E-state index is -0.955. The fourth-order valence-corrected chi connectivity index (χ4v) is 6.09. The van der Waals surface area contributed by atoms with Crippen LogP contribution >= 0.6 is 0 Å². The second kappa shape index (κ2) is 10.7. The van der Waals surface area contributed by atoms with Gasteiger partial charge in [-0.1, -0.05) is 12.1 Å². The normalized spacial score (nSPS) is 19.5. The monoisotopic (exact) mass is 563 g/mol. The van der Waals surface area contributed by atoms with Crippen LogP contribution in [0.5, 0.6) is 0 Å². The summed E-state index contributed by atoms with van der Waals surface area (Å²) in [6.45, 7) is 0.834. The first-order valence-electron chi connectivity index (χ1n) is 13.5. The number of carbonyl (C=O) groups is 1. The number of imidazole rings is 1. The minimum Gasteiger partial charge on any atom is -0.330 e. The predicted octanol–water partition coefficient (Wildman–Crippen LogP) is 4.51. The number of pyridine rings is 2. The number of hydrogen-bond acceptors (Lipinski definition) is 6. The van der Waals surface area contributed by atoms with E-state index in [9.17, 15) is 28.5 Å². The van der Waals surface area contributed by atoms with Crippen LogP contribution in [0.3, 0.4) is 0 Å². The molecule has 212 valence electrons. The second-order valence-electron chi connectivity index (χ2n) is 10.5. The molecule has 0 radical (unpaired) electrons. The van der Waals surface area contributed by atoms with Gasteiger partial charge in [0.05, 0.1) is 22.2 Å². The van der Waals surface area contributed by atoms with Gasteiger partial charge in [0, 0.05) is 31.4 Å². The Kier molecular flexibility index (Phi) is 6.93. The van der Waals surface area contributed by atoms with E-state index < -0.39 is 28.5 Å². The number of hydrogen-bond donors (Lipinski definition) is 2. The summed E-state index contributed by atoms with van der Waals surface area (Å²) >= 11 is 0. The summed E-state index contributed by atoms with van der Waals surface area (Å²) < 4.78 is 30.4. The van der Waals surface area contributed by atoms with Gasteiger partial charge in [-0.3, -0.25) is 24.6 Å². The molecule has 0 saturated carbocycles. The molecule has 0 unspecified atom stereocenters. The lowest BCUT2D eigenvalue weighted by Crippen LogP contribution is -2.46. The molecule has 1 aliphatic heterocycles. The Bertz CT molecular complexity index is 1700. The van der Waals surface area contributed by atoms with Crippen LogP contribution in [-0.4, -0.2) is 48.5 Å². The summed E-state index contributed by atoms with van der Waals surface area (Å²) in [4.78, 5) is 49.8. The molecular formula is C28H27F2N7O4. The number of nitro groups is 1. The third kappa shape index (κ3) is 5.03. The number of urea groups is 1. The van der Waals surface area contributed by atoms with Crippen molar-refractivity contribution in [3.8, 4) is 0 Å². The van der Waals surface area contributed by atoms with Gasteiger partial charge in [0.1, 0.15) is 6.20 Å². The number of nitrogens with one attached hydrogen (secondary N) is 2. The number of H-pyrrole nitrogens is 1. The Morgan fingerprint density at radius 1 is 1.10 bits per heavy atom. The van der Waals surface area contributed by atoms with Crippen molar-refractivity contribution < 1.29 is 18.5 Å². The fourth-order valence-electron chi connectivity index (χ4n) is 6.09. The van der Waals surface area contributed by atoms with E-state index in [1.807, 2.05) is 6.07 Å². The van der Waals surface area contributed by atoms with Crippen LogP contribution in [0.4, 0.5) is 19.3 Å². The second-order valence-corrected chi connectivity index (χ2v) is 10.5. The number of piperidine rings is 1. The number of aromatic nitrogens is 4. The Morgan fingerprint density at radius 2 is 1.90 bits per heavy atom. The maximum atomic E-state index is 14.7. The first kappa shape index (κ1) is 26.5. The molecular weight excluding hydrogens is 536 g/mol. The zero-order valence-electron chi connectivity index (χ0n) is 21.9. The van der Waals surface area contributed by atoms with Gasteiger partial charge in [0.25, 0.3) is 5.69 Å². The van der Waals surface area contributed by atoms with Crippen LogP contribution in [0.1, 0.15) is 60.5 Å². The number of rotatable bonds is 4. The molecule has 13 heteroatoms. The molecule has 2 amide bonds. The molecule has 4 heterocycles. The van der Waals surface area contributed by atoms with Crippen LogP contribution in [0.25, 0.3) is 11.2 Å². The number of likely N-dealkylation sites (tertiary alicyclic amines) is 1. The summed E-state index contributed by atoms with van der Waals surface area (Å²) in [7, 11) is 0. The largest absolute Gasteiger partial charge is 0.330 e. The van der Waals surface area contributed by atoms with E-state index in [1.54, 1.807) is 21.7 Å². The van der Waals surface area contributed by atoms with Gasteiger partial charge in [-0.15, -0.1) is 0 Å². The number of halogens is 2. The van der Waals surface area contributed by atoms with Crippen LogP contribution < -0.4 is 11.0 Å². The van der Waals surface area contributed by atoms with E-state index >= 15 is 0 Å². The quantitative estimate of drug-likeness (QED) is 0.213. The van der Waals surface area contributed by atoms with Crippen molar-refractivity contribution in [2.75, 3.05) is 13.1 Å². The SMILES string of the molecule is O=C(N[C@@H]1CC[C@@H](c2cccc(F)c2F)Cc2cc([N+](=O)[O-])cnc21)N1CCC(n2c(=O)[nH]c3ncccc32)CC1. The molecule has 1 aromatic carbocycles. The van der Waals surface area contributed by atoms with Gasteiger partial charge in [0.15, 0.2) is 17.3 Å². The van der Waals surface area contributed by atoms with E-state index in [0.717, 1.165) is 17.8 Å². The molecule has 41 heavy (non-hydrogen) atoms. The molecule has 0 spiro atoms. The highest BCUT2D eigenvalue weighted by molar-refractivity contribution is 5.75. The van der Waals surface area contributed by atoms with Crippen molar-refractivity contribution in [2.24, 2.45) is 0 Å². The molecule has 1 fully saturated rings. The molecule has 3 aromatic heterocycles. The van der Waals surface area contributed by atoms with Gasteiger partial charge in [-0.2, -0.15) is 0 Å². The first-order chi connectivity index (χ1) is 19.8. The average Bonchev–Trinajstić information content (AvgIpc) is 3.20. The lowest BCUT2D eigenvalue weighted by atomic mass is 9.89. The summed E-state index contributed by atoms with van der Waals surface area (Å²) in [5.41, 5.74) is 1.99. The van der Waals surface area contributed by atoms with Crippen molar-refractivity contribution in [1.29, 1.82) is 0 Å². The van der Waals surface area contributed by atoms with Crippen molar-refractivity contribution in [2.45, 2.75) is 50.1 Å². The van der Waals surface area contributed by atoms with E-state index in [0.29, 0.717) is 55.7 Å². The van der Waals surface area contributed by atoms with E-state index in [4.69, 9.17) is 0 Å². The lowest BCUT2D eigenvalue weighted by molar-refractivity contribution is -0.385. The highest BCUT2D eigenvalue weighted by Gasteiger charge is 2.32. The summed E-state index contributed by atoms with van der Waals surface area (Å²) in [6.07, 6.45) is 4.93. The van der Waals surface area contributed by atoms with Crippen molar-refractivity contribution in [3.05, 3.63) is 97.8 Å². The van der Waals surface area contributed by atoms with Crippen LogP contribution in [0.15, 0.2) is 53.6 Å². The zero-order valence-corrected chi connectivity index (χ0v) is 21.9. The zero-order chi connectivity index (χ0) is 28.7. The first-order valence-corrected chi connectivity index (χ1v) is 13.5. The highest BCUT2D eigenvalue weighted by atomic mass is 19.2. The van der Waals surface area contributed by atoms with Crippen molar-refractivity contribution >= 4 is 22.9 Å². The molecule has 11 nitrogen and oxygen atoms in total. The Labute approximate surface area is 232 Å². The number of aromatic amines is 1. The van der Waals surface area contributed by atoms with Gasteiger partial charge < -0.3 is 10.2 Å². The fraction of sp³-hybridized carbons (Fsp3) is 0.357. The van der Waals surface area contributed by atoms with Crippen molar-refractivity contribution in [3.63, 3.8) is 0 Å². The van der Waals surface area contributed by atoms with Crippen LogP contribution in [0, 0.1) is 21.7 Å². The van der Waals surface area contributed by atoms with Crippen molar-refractivity contribution in [1.82, 2.24) is 29.7 Å². The third-order valence-corrected chi connectivity index (χ3v) is 8.12. The predicted molar refractivity (Wildman–Crippen MR) is 144 cm³/mol. The molecule has 1 saturated heterocycles. The number of fused-ring (bicyclic) bond motifs is 2. The molecule has 4 aromatic rings. The number of carbonyl (C=O) groups excluding carboxylic acids is 1. The maximum absolute atomic E-state index is 14.7. The molecule has 6 rings (SSSR count). The Balaban J connectivity index is 1.20. The standard InChI is InChI=1S/C28H27F2N7O4/c29-21-4-1-3-20(24(21)30)16-6-7-22(25-17(13-16)14-19(15-32-25)37(40)41)33-27(38)35-11-8-18(9-12-35)36-23-5-2-10-31-26(23)34-28(36)39/h1-5,10,14-16,18,22H,6-9,11-13H2,(H,33,38)(H,31,34,39)/t16-,22-/m1/s1. The third-order valence-electron chi connectivity index (χ3n) is 8.12.